The van der Waals surface area contributed by atoms with E-state index in [0.29, 0.717) is 32.0 Å². The van der Waals surface area contributed by atoms with Crippen molar-refractivity contribution in [2.75, 3.05) is 46.9 Å². The maximum Gasteiger partial charge on any atom is 0.332 e. The number of hydrogen-bond acceptors (Lipinski definition) is 4. The fourth-order valence-corrected chi connectivity index (χ4v) is 2.21. The lowest BCUT2D eigenvalue weighted by molar-refractivity contribution is -0.144. The minimum Gasteiger partial charge on any atom is -0.479 e. The van der Waals surface area contributed by atoms with Gasteiger partial charge in [0.25, 0.3) is 0 Å². The number of nitrogens with one attached hydrogen (secondary N) is 1. The van der Waals surface area contributed by atoms with E-state index in [1.165, 1.54) is 0 Å². The third-order valence-electron chi connectivity index (χ3n) is 3.47. The number of rotatable bonds is 7. The normalized spacial score (nSPS) is 21.8. The molecule has 0 aromatic heterocycles. The van der Waals surface area contributed by atoms with Crippen LogP contribution in [0, 0.1) is 5.92 Å². The van der Waals surface area contributed by atoms with Crippen molar-refractivity contribution in [3.05, 3.63) is 0 Å². The molecule has 2 N–H and O–H groups in total. The Bertz CT molecular complexity index is 365. The van der Waals surface area contributed by atoms with Crippen LogP contribution < -0.4 is 5.32 Å². The van der Waals surface area contributed by atoms with E-state index in [1.807, 2.05) is 32.8 Å². The highest BCUT2D eigenvalue weighted by Crippen LogP contribution is 2.19. The fraction of sp³-hybridized carbons (Fsp3) is 0.857. The number of carboxylic acid groups (broad SMARTS) is 1. The average molecular weight is 301 g/mol. The summed E-state index contributed by atoms with van der Waals surface area (Å²) >= 11 is 0. The van der Waals surface area contributed by atoms with Crippen molar-refractivity contribution in [1.82, 2.24) is 15.1 Å². The molecule has 1 aliphatic heterocycles. The Kier molecular flexibility index (Phi) is 6.42. The molecule has 1 unspecified atom stereocenters. The van der Waals surface area contributed by atoms with E-state index in [2.05, 4.69) is 5.32 Å². The molecule has 1 aliphatic rings. The molecule has 0 radical (unpaired) electrons. The van der Waals surface area contributed by atoms with E-state index < -0.39 is 11.5 Å². The molecule has 7 heteroatoms. The van der Waals surface area contributed by atoms with E-state index in [9.17, 15) is 14.7 Å². The van der Waals surface area contributed by atoms with Crippen LogP contribution in [0.1, 0.15) is 20.3 Å². The van der Waals surface area contributed by atoms with Crippen LogP contribution >= 0.6 is 0 Å². The van der Waals surface area contributed by atoms with Gasteiger partial charge in [-0.3, -0.25) is 0 Å². The number of amides is 2. The van der Waals surface area contributed by atoms with Crippen molar-refractivity contribution in [1.29, 1.82) is 0 Å². The third-order valence-corrected chi connectivity index (χ3v) is 3.47. The van der Waals surface area contributed by atoms with Crippen molar-refractivity contribution in [2.45, 2.75) is 25.8 Å². The molecule has 122 valence electrons. The Hall–Kier alpha value is -1.34. The van der Waals surface area contributed by atoms with Gasteiger partial charge in [0.2, 0.25) is 0 Å². The van der Waals surface area contributed by atoms with Gasteiger partial charge < -0.3 is 25.0 Å². The summed E-state index contributed by atoms with van der Waals surface area (Å²) in [5.74, 6) is -0.719. The summed E-state index contributed by atoms with van der Waals surface area (Å²) in [5, 5.41) is 12.0. The largest absolute Gasteiger partial charge is 0.479 e. The Morgan fingerprint density at radius 2 is 2.00 bits per heavy atom. The first kappa shape index (κ1) is 17.7. The topological polar surface area (TPSA) is 82.1 Å². The lowest BCUT2D eigenvalue weighted by atomic mass is 9.99. The molecule has 0 aromatic carbocycles. The highest BCUT2D eigenvalue weighted by molar-refractivity contribution is 5.86. The van der Waals surface area contributed by atoms with Gasteiger partial charge in [0.15, 0.2) is 5.54 Å². The summed E-state index contributed by atoms with van der Waals surface area (Å²) < 4.78 is 5.16. The van der Waals surface area contributed by atoms with Crippen LogP contribution in [0.4, 0.5) is 4.79 Å². The molecule has 7 nitrogen and oxygen atoms in total. The number of carbonyl (C=O) groups is 2. The summed E-state index contributed by atoms with van der Waals surface area (Å²) in [4.78, 5) is 27.5. The van der Waals surface area contributed by atoms with Gasteiger partial charge in [-0.25, -0.2) is 9.59 Å². The summed E-state index contributed by atoms with van der Waals surface area (Å²) in [6.45, 7) is 6.33. The number of carboxylic acids is 1. The number of urea groups is 1. The quantitative estimate of drug-likeness (QED) is 0.714. The molecule has 2 amide bonds. The van der Waals surface area contributed by atoms with E-state index in [-0.39, 0.29) is 12.6 Å². The number of hydrogen-bond donors (Lipinski definition) is 2. The highest BCUT2D eigenvalue weighted by atomic mass is 16.5. The molecular formula is C14H27N3O4. The average Bonchev–Trinajstić information content (AvgIpc) is 2.83. The molecule has 0 bridgehead atoms. The second-order valence-corrected chi connectivity index (χ2v) is 6.26. The van der Waals surface area contributed by atoms with Gasteiger partial charge in [0, 0.05) is 32.7 Å². The Morgan fingerprint density at radius 3 is 2.43 bits per heavy atom. The maximum absolute atomic E-state index is 12.4. The van der Waals surface area contributed by atoms with Gasteiger partial charge in [-0.05, 0) is 20.0 Å². The highest BCUT2D eigenvalue weighted by Gasteiger charge is 2.44. The Morgan fingerprint density at radius 1 is 1.33 bits per heavy atom. The van der Waals surface area contributed by atoms with Crippen LogP contribution in [0.15, 0.2) is 0 Å². The van der Waals surface area contributed by atoms with Crippen molar-refractivity contribution in [3.8, 4) is 0 Å². The van der Waals surface area contributed by atoms with Crippen LogP contribution in [0.3, 0.4) is 0 Å². The lowest BCUT2D eigenvalue weighted by Crippen LogP contribution is -2.59. The van der Waals surface area contributed by atoms with Crippen molar-refractivity contribution >= 4 is 12.0 Å². The molecular weight excluding hydrogens is 274 g/mol. The number of nitrogens with zero attached hydrogens (tertiary/aromatic N) is 2. The monoisotopic (exact) mass is 301 g/mol. The SMILES string of the molecule is CC(C)CN(CCN(C)C)C(=O)NC1(C(=O)O)CCOC1. The molecule has 1 heterocycles. The molecule has 1 atom stereocenters. The van der Waals surface area contributed by atoms with Gasteiger partial charge >= 0.3 is 12.0 Å². The smallest absolute Gasteiger partial charge is 0.332 e. The zero-order chi connectivity index (χ0) is 16.0. The van der Waals surface area contributed by atoms with E-state index in [4.69, 9.17) is 4.74 Å². The number of carbonyl (C=O) groups excluding carboxylic acids is 1. The molecule has 0 spiro atoms. The van der Waals surface area contributed by atoms with Gasteiger partial charge in [-0.1, -0.05) is 13.8 Å². The first-order valence-corrected chi connectivity index (χ1v) is 7.30. The molecule has 0 aliphatic carbocycles. The van der Waals surface area contributed by atoms with Crippen LogP contribution in [0.25, 0.3) is 0 Å². The van der Waals surface area contributed by atoms with E-state index >= 15 is 0 Å². The first-order chi connectivity index (χ1) is 9.77. The third kappa shape index (κ3) is 5.17. The van der Waals surface area contributed by atoms with Crippen molar-refractivity contribution in [3.63, 3.8) is 0 Å². The van der Waals surface area contributed by atoms with E-state index in [1.54, 1.807) is 4.90 Å². The summed E-state index contributed by atoms with van der Waals surface area (Å²) in [7, 11) is 3.88. The zero-order valence-corrected chi connectivity index (χ0v) is 13.4. The second-order valence-electron chi connectivity index (χ2n) is 6.26. The molecule has 0 saturated carbocycles. The van der Waals surface area contributed by atoms with Gasteiger partial charge in [-0.2, -0.15) is 0 Å². The molecule has 0 aromatic rings. The summed E-state index contributed by atoms with van der Waals surface area (Å²) in [5.41, 5.74) is -1.29. The number of likely N-dealkylation sites (N-methyl/N-ethyl adjacent to an activating group) is 1. The predicted octanol–water partition coefficient (Wildman–Crippen LogP) is 0.459. The maximum atomic E-state index is 12.4. The first-order valence-electron chi connectivity index (χ1n) is 7.30. The van der Waals surface area contributed by atoms with Gasteiger partial charge in [0.05, 0.1) is 6.61 Å². The van der Waals surface area contributed by atoms with Crippen LogP contribution in [0.2, 0.25) is 0 Å². The van der Waals surface area contributed by atoms with Crippen molar-refractivity contribution in [2.24, 2.45) is 5.92 Å². The van der Waals surface area contributed by atoms with Crippen LogP contribution in [-0.4, -0.2) is 79.4 Å². The Balaban J connectivity index is 2.72. The fourth-order valence-electron chi connectivity index (χ4n) is 2.21. The minimum atomic E-state index is -1.29. The molecule has 1 fully saturated rings. The Labute approximate surface area is 126 Å². The van der Waals surface area contributed by atoms with E-state index in [0.717, 1.165) is 6.54 Å². The zero-order valence-electron chi connectivity index (χ0n) is 13.4. The molecule has 1 rings (SSSR count). The van der Waals surface area contributed by atoms with Gasteiger partial charge in [0.1, 0.15) is 0 Å². The van der Waals surface area contributed by atoms with Crippen LogP contribution in [-0.2, 0) is 9.53 Å². The number of aliphatic carboxylic acids is 1. The molecule has 21 heavy (non-hydrogen) atoms. The number of ether oxygens (including phenoxy) is 1. The van der Waals surface area contributed by atoms with Crippen molar-refractivity contribution < 1.29 is 19.4 Å². The summed E-state index contributed by atoms with van der Waals surface area (Å²) in [6, 6.07) is -0.335. The molecule has 1 saturated heterocycles. The van der Waals surface area contributed by atoms with Crippen LogP contribution in [0.5, 0.6) is 0 Å². The second kappa shape index (κ2) is 7.61. The standard InChI is InChI=1S/C14H27N3O4/c1-11(2)9-17(7-6-16(3)4)13(20)15-14(12(18)19)5-8-21-10-14/h11H,5-10H2,1-4H3,(H,15,20)(H,18,19). The predicted molar refractivity (Wildman–Crippen MR) is 79.3 cm³/mol. The summed E-state index contributed by atoms with van der Waals surface area (Å²) in [6.07, 6.45) is 0.303. The van der Waals surface area contributed by atoms with Gasteiger partial charge in [-0.15, -0.1) is 0 Å². The lowest BCUT2D eigenvalue weighted by Gasteiger charge is -2.31. The minimum absolute atomic E-state index is 0.0251.